The molecule has 2 atom stereocenters. The molecule has 2 aromatic rings. The molecule has 0 aliphatic heterocycles. The standard InChI is InChI=1S/C17H19F2N3O2/c1-10(24-11-6-7-13(18)14(19)8-11)17(23)20-15-4-3-5-16-12(15)9-22(2)21-16/h6-10,15H,3-5H2,1-2H3,(H,20,23)/t10-,15+/m0/s1. The lowest BCUT2D eigenvalue weighted by molar-refractivity contribution is -0.128. The topological polar surface area (TPSA) is 56.1 Å². The maximum atomic E-state index is 13.2. The largest absolute Gasteiger partial charge is 0.481 e. The number of aromatic nitrogens is 2. The highest BCUT2D eigenvalue weighted by Crippen LogP contribution is 2.28. The number of nitrogens with zero attached hydrogens (tertiary/aromatic N) is 2. The van der Waals surface area contributed by atoms with Crippen molar-refractivity contribution in [2.45, 2.75) is 38.3 Å². The minimum atomic E-state index is -1.01. The molecule has 128 valence electrons. The number of fused-ring (bicyclic) bond motifs is 1. The van der Waals surface area contributed by atoms with E-state index in [1.807, 2.05) is 13.2 Å². The van der Waals surface area contributed by atoms with E-state index in [0.717, 1.165) is 42.7 Å². The van der Waals surface area contributed by atoms with Gasteiger partial charge in [-0.3, -0.25) is 9.48 Å². The summed E-state index contributed by atoms with van der Waals surface area (Å²) in [5.41, 5.74) is 2.03. The van der Waals surface area contributed by atoms with Crippen LogP contribution in [0.5, 0.6) is 5.75 Å². The molecule has 1 aliphatic rings. The number of ether oxygens (including phenoxy) is 1. The smallest absolute Gasteiger partial charge is 0.261 e. The van der Waals surface area contributed by atoms with Crippen molar-refractivity contribution < 1.29 is 18.3 Å². The molecule has 0 unspecified atom stereocenters. The summed E-state index contributed by atoms with van der Waals surface area (Å²) in [7, 11) is 1.85. The van der Waals surface area contributed by atoms with Crippen LogP contribution < -0.4 is 10.1 Å². The van der Waals surface area contributed by atoms with E-state index in [4.69, 9.17) is 4.74 Å². The van der Waals surface area contributed by atoms with E-state index in [1.165, 1.54) is 6.07 Å². The Balaban J connectivity index is 1.65. The molecular formula is C17H19F2N3O2. The second-order valence-corrected chi connectivity index (χ2v) is 5.99. The van der Waals surface area contributed by atoms with Crippen LogP contribution in [0.4, 0.5) is 8.78 Å². The Bertz CT molecular complexity index is 760. The number of hydrogen-bond acceptors (Lipinski definition) is 3. The van der Waals surface area contributed by atoms with Crippen molar-refractivity contribution >= 4 is 5.91 Å². The summed E-state index contributed by atoms with van der Waals surface area (Å²) in [4.78, 5) is 12.4. The number of nitrogens with one attached hydrogen (secondary N) is 1. The van der Waals surface area contributed by atoms with Gasteiger partial charge in [-0.1, -0.05) is 0 Å². The predicted octanol–water partition coefficient (Wildman–Crippen LogP) is 2.66. The third-order valence-corrected chi connectivity index (χ3v) is 4.11. The first kappa shape index (κ1) is 16.4. The van der Waals surface area contributed by atoms with Gasteiger partial charge in [0.05, 0.1) is 11.7 Å². The Labute approximate surface area is 138 Å². The Kier molecular flexibility index (Phi) is 4.51. The summed E-state index contributed by atoms with van der Waals surface area (Å²) in [6.45, 7) is 1.57. The summed E-state index contributed by atoms with van der Waals surface area (Å²) in [5, 5.41) is 7.35. The van der Waals surface area contributed by atoms with E-state index in [9.17, 15) is 13.6 Å². The maximum absolute atomic E-state index is 13.2. The van der Waals surface area contributed by atoms with Gasteiger partial charge < -0.3 is 10.1 Å². The highest BCUT2D eigenvalue weighted by molar-refractivity contribution is 5.81. The van der Waals surface area contributed by atoms with Crippen molar-refractivity contribution in [1.29, 1.82) is 0 Å². The van der Waals surface area contributed by atoms with E-state index < -0.39 is 17.7 Å². The van der Waals surface area contributed by atoms with E-state index >= 15 is 0 Å². The van der Waals surface area contributed by atoms with Gasteiger partial charge >= 0.3 is 0 Å². The van der Waals surface area contributed by atoms with Crippen LogP contribution in [0.1, 0.15) is 37.1 Å². The molecule has 1 aromatic carbocycles. The predicted molar refractivity (Wildman–Crippen MR) is 83.5 cm³/mol. The first-order valence-electron chi connectivity index (χ1n) is 7.88. The van der Waals surface area contributed by atoms with Gasteiger partial charge in [0.25, 0.3) is 5.91 Å². The maximum Gasteiger partial charge on any atom is 0.261 e. The number of carbonyl (C=O) groups excluding carboxylic acids is 1. The third kappa shape index (κ3) is 3.39. The van der Waals surface area contributed by atoms with Crippen molar-refractivity contribution in [2.75, 3.05) is 0 Å². The zero-order chi connectivity index (χ0) is 17.3. The molecule has 1 heterocycles. The fourth-order valence-electron chi connectivity index (χ4n) is 2.91. The number of rotatable bonds is 4. The van der Waals surface area contributed by atoms with Crippen molar-refractivity contribution in [2.24, 2.45) is 7.05 Å². The Morgan fingerprint density at radius 3 is 2.96 bits per heavy atom. The van der Waals surface area contributed by atoms with Crippen LogP contribution >= 0.6 is 0 Å². The van der Waals surface area contributed by atoms with E-state index in [2.05, 4.69) is 10.4 Å². The molecular weight excluding hydrogens is 316 g/mol. The summed E-state index contributed by atoms with van der Waals surface area (Å²) < 4.78 is 33.3. The monoisotopic (exact) mass is 335 g/mol. The lowest BCUT2D eigenvalue weighted by Crippen LogP contribution is -2.39. The van der Waals surface area contributed by atoms with Crippen LogP contribution in [0.25, 0.3) is 0 Å². The molecule has 1 aliphatic carbocycles. The van der Waals surface area contributed by atoms with Crippen molar-refractivity contribution in [3.63, 3.8) is 0 Å². The van der Waals surface area contributed by atoms with Gasteiger partial charge in [-0.25, -0.2) is 8.78 Å². The van der Waals surface area contributed by atoms with Crippen LogP contribution in [0, 0.1) is 11.6 Å². The average Bonchev–Trinajstić information content (AvgIpc) is 2.92. The normalized spacial score (nSPS) is 17.9. The second kappa shape index (κ2) is 6.59. The molecule has 0 spiro atoms. The zero-order valence-corrected chi connectivity index (χ0v) is 13.6. The molecule has 1 N–H and O–H groups in total. The molecule has 0 saturated carbocycles. The van der Waals surface area contributed by atoms with Gasteiger partial charge in [0.1, 0.15) is 5.75 Å². The summed E-state index contributed by atoms with van der Waals surface area (Å²) in [5.74, 6) is -2.15. The highest BCUT2D eigenvalue weighted by atomic mass is 19.2. The van der Waals surface area contributed by atoms with E-state index in [-0.39, 0.29) is 17.7 Å². The van der Waals surface area contributed by atoms with Gasteiger partial charge in [0, 0.05) is 24.9 Å². The van der Waals surface area contributed by atoms with Crippen LogP contribution in [0.15, 0.2) is 24.4 Å². The number of hydrogen-bond donors (Lipinski definition) is 1. The lowest BCUT2D eigenvalue weighted by Gasteiger charge is -2.24. The molecule has 1 amide bonds. The Morgan fingerprint density at radius 1 is 1.42 bits per heavy atom. The van der Waals surface area contributed by atoms with Crippen LogP contribution in [0.3, 0.4) is 0 Å². The van der Waals surface area contributed by atoms with Gasteiger partial charge in [0.2, 0.25) is 0 Å². The number of aryl methyl sites for hydroxylation is 2. The van der Waals surface area contributed by atoms with Crippen LogP contribution in [0.2, 0.25) is 0 Å². The van der Waals surface area contributed by atoms with Crippen molar-refractivity contribution in [1.82, 2.24) is 15.1 Å². The molecule has 5 nitrogen and oxygen atoms in total. The molecule has 0 bridgehead atoms. The fraction of sp³-hybridized carbons (Fsp3) is 0.412. The molecule has 7 heteroatoms. The van der Waals surface area contributed by atoms with Gasteiger partial charge in [-0.15, -0.1) is 0 Å². The molecule has 3 rings (SSSR count). The minimum absolute atomic E-state index is 0.106. The first-order chi connectivity index (χ1) is 11.4. The quantitative estimate of drug-likeness (QED) is 0.935. The molecule has 0 saturated heterocycles. The number of benzene rings is 1. The third-order valence-electron chi connectivity index (χ3n) is 4.11. The minimum Gasteiger partial charge on any atom is -0.481 e. The van der Waals surface area contributed by atoms with Gasteiger partial charge in [0.15, 0.2) is 17.7 Å². The zero-order valence-electron chi connectivity index (χ0n) is 13.6. The molecule has 0 radical (unpaired) electrons. The molecule has 0 fully saturated rings. The first-order valence-corrected chi connectivity index (χ1v) is 7.88. The van der Waals surface area contributed by atoms with Crippen LogP contribution in [-0.2, 0) is 18.3 Å². The second-order valence-electron chi connectivity index (χ2n) is 5.99. The fourth-order valence-corrected chi connectivity index (χ4v) is 2.91. The number of amides is 1. The van der Waals surface area contributed by atoms with Gasteiger partial charge in [-0.2, -0.15) is 5.10 Å². The Morgan fingerprint density at radius 2 is 2.21 bits per heavy atom. The van der Waals surface area contributed by atoms with Crippen molar-refractivity contribution in [3.8, 4) is 5.75 Å². The lowest BCUT2D eigenvalue weighted by atomic mass is 9.93. The number of carbonyl (C=O) groups is 1. The van der Waals surface area contributed by atoms with E-state index in [0.29, 0.717) is 0 Å². The summed E-state index contributed by atoms with van der Waals surface area (Å²) >= 11 is 0. The molecule has 1 aromatic heterocycles. The van der Waals surface area contributed by atoms with Crippen LogP contribution in [-0.4, -0.2) is 21.8 Å². The summed E-state index contributed by atoms with van der Waals surface area (Å²) in [6, 6.07) is 3.09. The van der Waals surface area contributed by atoms with E-state index in [1.54, 1.807) is 11.6 Å². The Hall–Kier alpha value is -2.44. The average molecular weight is 335 g/mol. The molecule has 24 heavy (non-hydrogen) atoms. The van der Waals surface area contributed by atoms with Gasteiger partial charge in [-0.05, 0) is 38.3 Å². The SMILES string of the molecule is C[C@H](Oc1ccc(F)c(F)c1)C(=O)N[C@@H]1CCCc2nn(C)cc21. The summed E-state index contributed by atoms with van der Waals surface area (Å²) in [6.07, 6.45) is 3.79. The number of halogens is 2. The van der Waals surface area contributed by atoms with Crippen molar-refractivity contribution in [3.05, 3.63) is 47.3 Å². The highest BCUT2D eigenvalue weighted by Gasteiger charge is 2.26.